The molecule has 3 rings (SSSR count). The van der Waals surface area contributed by atoms with E-state index >= 15 is 0 Å². The highest BCUT2D eigenvalue weighted by Crippen LogP contribution is 2.46. The molecule has 1 aliphatic carbocycles. The molecule has 0 bridgehead atoms. The summed E-state index contributed by atoms with van der Waals surface area (Å²) in [5.74, 6) is -0.133. The van der Waals surface area contributed by atoms with Crippen LogP contribution in [0.1, 0.15) is 49.0 Å². The second kappa shape index (κ2) is 7.55. The number of hydrogen-bond acceptors (Lipinski definition) is 3. The highest BCUT2D eigenvalue weighted by atomic mass is 19.1. The maximum absolute atomic E-state index is 14.7. The molecule has 142 valence electrons. The first-order valence-electron chi connectivity index (χ1n) is 9.14. The summed E-state index contributed by atoms with van der Waals surface area (Å²) in [5, 5.41) is 0. The van der Waals surface area contributed by atoms with Crippen molar-refractivity contribution in [2.45, 2.75) is 33.1 Å². The van der Waals surface area contributed by atoms with E-state index in [1.165, 1.54) is 13.2 Å². The molecule has 0 saturated carbocycles. The molecule has 27 heavy (non-hydrogen) atoms. The van der Waals surface area contributed by atoms with Crippen LogP contribution in [-0.2, 0) is 4.74 Å². The van der Waals surface area contributed by atoms with Crippen LogP contribution in [0, 0.1) is 11.2 Å². The first-order chi connectivity index (χ1) is 12.9. The van der Waals surface area contributed by atoms with Gasteiger partial charge >= 0.3 is 5.97 Å². The van der Waals surface area contributed by atoms with E-state index in [2.05, 4.69) is 19.9 Å². The standard InChI is InChI=1S/C23H25FO3/c1-23(2)12-6-5-7-20(23)18-13-15(22(25)27-4)8-10-17(18)19-14-16(26-3)9-11-21(19)24/h7-11,13-14H,5-6,12H2,1-4H3. The lowest BCUT2D eigenvalue weighted by Gasteiger charge is -2.33. The third-order valence-corrected chi connectivity index (χ3v) is 5.28. The van der Waals surface area contributed by atoms with Gasteiger partial charge in [0.05, 0.1) is 19.8 Å². The van der Waals surface area contributed by atoms with Crippen molar-refractivity contribution in [2.75, 3.05) is 14.2 Å². The topological polar surface area (TPSA) is 35.5 Å². The Balaban J connectivity index is 2.26. The van der Waals surface area contributed by atoms with Crippen LogP contribution in [0.15, 0.2) is 42.5 Å². The number of rotatable bonds is 4. The van der Waals surface area contributed by atoms with Gasteiger partial charge in [0.25, 0.3) is 0 Å². The van der Waals surface area contributed by atoms with E-state index in [9.17, 15) is 9.18 Å². The molecule has 0 fully saturated rings. The van der Waals surface area contributed by atoms with Gasteiger partial charge in [0.2, 0.25) is 0 Å². The van der Waals surface area contributed by atoms with Crippen LogP contribution in [0.2, 0.25) is 0 Å². The molecule has 0 N–H and O–H groups in total. The fourth-order valence-corrected chi connectivity index (χ4v) is 3.76. The molecule has 0 radical (unpaired) electrons. The monoisotopic (exact) mass is 368 g/mol. The molecule has 2 aromatic carbocycles. The number of allylic oxidation sites excluding steroid dienone is 2. The van der Waals surface area contributed by atoms with Gasteiger partial charge < -0.3 is 9.47 Å². The predicted molar refractivity (Wildman–Crippen MR) is 105 cm³/mol. The Bertz CT molecular complexity index is 896. The van der Waals surface area contributed by atoms with Gasteiger partial charge in [0.1, 0.15) is 11.6 Å². The fraction of sp³-hybridized carbons (Fsp3) is 0.348. The van der Waals surface area contributed by atoms with Crippen molar-refractivity contribution in [1.82, 2.24) is 0 Å². The third kappa shape index (κ3) is 3.75. The molecule has 0 saturated heterocycles. The van der Waals surface area contributed by atoms with Gasteiger partial charge in [0.15, 0.2) is 0 Å². The number of benzene rings is 2. The molecule has 0 spiro atoms. The van der Waals surface area contributed by atoms with Crippen molar-refractivity contribution in [2.24, 2.45) is 5.41 Å². The van der Waals surface area contributed by atoms with Gasteiger partial charge in [-0.3, -0.25) is 0 Å². The van der Waals surface area contributed by atoms with E-state index < -0.39 is 5.97 Å². The molecule has 1 aliphatic rings. The summed E-state index contributed by atoms with van der Waals surface area (Å²) in [4.78, 5) is 12.1. The van der Waals surface area contributed by atoms with Crippen molar-refractivity contribution in [1.29, 1.82) is 0 Å². The zero-order chi connectivity index (χ0) is 19.6. The normalized spacial score (nSPS) is 15.8. The molecule has 0 unspecified atom stereocenters. The number of esters is 1. The van der Waals surface area contributed by atoms with E-state index in [-0.39, 0.29) is 11.2 Å². The highest BCUT2D eigenvalue weighted by Gasteiger charge is 2.29. The molecule has 3 nitrogen and oxygen atoms in total. The number of carbonyl (C=O) groups is 1. The van der Waals surface area contributed by atoms with Gasteiger partial charge in [-0.2, -0.15) is 0 Å². The number of halogens is 1. The molecule has 0 aliphatic heterocycles. The lowest BCUT2D eigenvalue weighted by atomic mass is 9.71. The summed E-state index contributed by atoms with van der Waals surface area (Å²) < 4.78 is 24.9. The van der Waals surface area contributed by atoms with E-state index in [0.717, 1.165) is 36.0 Å². The number of carbonyl (C=O) groups excluding carboxylic acids is 1. The summed E-state index contributed by atoms with van der Waals surface area (Å²) >= 11 is 0. The minimum atomic E-state index is -0.400. The Morgan fingerprint density at radius 2 is 1.81 bits per heavy atom. The molecule has 4 heteroatoms. The maximum Gasteiger partial charge on any atom is 0.337 e. The molecule has 0 amide bonds. The van der Waals surface area contributed by atoms with E-state index in [0.29, 0.717) is 16.9 Å². The van der Waals surface area contributed by atoms with Crippen molar-refractivity contribution in [3.05, 3.63) is 59.4 Å². The summed E-state index contributed by atoms with van der Waals surface area (Å²) in [6.45, 7) is 4.38. The molecule has 0 aromatic heterocycles. The van der Waals surface area contributed by atoms with Gasteiger partial charge in [-0.1, -0.05) is 26.0 Å². The summed E-state index contributed by atoms with van der Waals surface area (Å²) in [7, 11) is 2.92. The Kier molecular flexibility index (Phi) is 5.36. The minimum Gasteiger partial charge on any atom is -0.497 e. The average Bonchev–Trinajstić information content (AvgIpc) is 2.67. The molecular formula is C23H25FO3. The largest absolute Gasteiger partial charge is 0.497 e. The van der Waals surface area contributed by atoms with Crippen LogP contribution in [0.4, 0.5) is 4.39 Å². The number of methoxy groups -OCH3 is 2. The van der Waals surface area contributed by atoms with Crippen LogP contribution < -0.4 is 4.74 Å². The first-order valence-corrected chi connectivity index (χ1v) is 9.14. The van der Waals surface area contributed by atoms with Crippen molar-refractivity contribution < 1.29 is 18.7 Å². The van der Waals surface area contributed by atoms with Crippen LogP contribution in [0.5, 0.6) is 5.75 Å². The average molecular weight is 368 g/mol. The zero-order valence-corrected chi connectivity index (χ0v) is 16.3. The summed E-state index contributed by atoms with van der Waals surface area (Å²) in [6, 6.07) is 10.0. The van der Waals surface area contributed by atoms with Crippen molar-refractivity contribution >= 4 is 11.5 Å². The Morgan fingerprint density at radius 1 is 1.04 bits per heavy atom. The third-order valence-electron chi connectivity index (χ3n) is 5.28. The summed E-state index contributed by atoms with van der Waals surface area (Å²) in [6.07, 6.45) is 5.35. The van der Waals surface area contributed by atoms with Crippen LogP contribution in [0.3, 0.4) is 0 Å². The summed E-state index contributed by atoms with van der Waals surface area (Å²) in [5.41, 5.74) is 3.62. The molecular weight excluding hydrogens is 343 g/mol. The lowest BCUT2D eigenvalue weighted by molar-refractivity contribution is 0.0600. The lowest BCUT2D eigenvalue weighted by Crippen LogP contribution is -2.18. The Morgan fingerprint density at radius 3 is 2.48 bits per heavy atom. The molecule has 2 aromatic rings. The van der Waals surface area contributed by atoms with Crippen LogP contribution in [-0.4, -0.2) is 20.2 Å². The second-order valence-corrected chi connectivity index (χ2v) is 7.49. The fourth-order valence-electron chi connectivity index (χ4n) is 3.76. The maximum atomic E-state index is 14.7. The van der Waals surface area contributed by atoms with Crippen molar-refractivity contribution in [3.8, 4) is 16.9 Å². The second-order valence-electron chi connectivity index (χ2n) is 7.49. The van der Waals surface area contributed by atoms with Crippen molar-refractivity contribution in [3.63, 3.8) is 0 Å². The number of ether oxygens (including phenoxy) is 2. The quantitative estimate of drug-likeness (QED) is 0.632. The highest BCUT2D eigenvalue weighted by molar-refractivity contribution is 5.94. The Hall–Kier alpha value is -2.62. The first kappa shape index (κ1) is 19.2. The van der Waals surface area contributed by atoms with E-state index in [1.54, 1.807) is 31.4 Å². The van der Waals surface area contributed by atoms with Gasteiger partial charge in [-0.25, -0.2) is 9.18 Å². The number of hydrogen-bond donors (Lipinski definition) is 0. The van der Waals surface area contributed by atoms with E-state index in [4.69, 9.17) is 9.47 Å². The van der Waals surface area contributed by atoms with Gasteiger partial charge in [-0.05, 0) is 71.7 Å². The minimum absolute atomic E-state index is 0.0584. The molecule has 0 heterocycles. The zero-order valence-electron chi connectivity index (χ0n) is 16.3. The van der Waals surface area contributed by atoms with Gasteiger partial charge in [0, 0.05) is 5.56 Å². The smallest absolute Gasteiger partial charge is 0.337 e. The molecule has 0 atom stereocenters. The Labute approximate surface area is 159 Å². The van der Waals surface area contributed by atoms with Gasteiger partial charge in [-0.15, -0.1) is 0 Å². The predicted octanol–water partition coefficient (Wildman–Crippen LogP) is 5.88. The van der Waals surface area contributed by atoms with Crippen LogP contribution in [0.25, 0.3) is 16.7 Å². The van der Waals surface area contributed by atoms with Crippen LogP contribution >= 0.6 is 0 Å². The SMILES string of the molecule is COC(=O)c1ccc(-c2cc(OC)ccc2F)c(C2=CCCCC2(C)C)c1. The van der Waals surface area contributed by atoms with E-state index in [1.807, 2.05) is 6.07 Å².